The van der Waals surface area contributed by atoms with Gasteiger partial charge in [0.15, 0.2) is 0 Å². The van der Waals surface area contributed by atoms with Gasteiger partial charge in [-0.2, -0.15) is 0 Å². The molecule has 2 N–H and O–H groups in total. The Bertz CT molecular complexity index is 424. The van der Waals surface area contributed by atoms with Crippen LogP contribution in [0.1, 0.15) is 19.5 Å². The van der Waals surface area contributed by atoms with Crippen LogP contribution in [0, 0.1) is 6.92 Å². The largest absolute Gasteiger partial charge is 0.368 e. The summed E-state index contributed by atoms with van der Waals surface area (Å²) in [5, 5.41) is 1.06. The zero-order valence-electron chi connectivity index (χ0n) is 8.78. The molecule has 14 heavy (non-hydrogen) atoms. The van der Waals surface area contributed by atoms with Crippen molar-refractivity contribution in [3.8, 4) is 0 Å². The first-order valence-electron chi connectivity index (χ1n) is 4.76. The second-order valence-electron chi connectivity index (χ2n) is 2.68. The van der Waals surface area contributed by atoms with E-state index in [2.05, 4.69) is 9.97 Å². The fraction of sp³-hybridized carbons (Fsp3) is 0.273. The number of rotatable bonds is 0. The zero-order chi connectivity index (χ0) is 10.6. The number of hydrogen-bond donors (Lipinski definition) is 1. The molecule has 2 rings (SSSR count). The zero-order valence-corrected chi connectivity index (χ0v) is 8.78. The molecule has 0 aliphatic heterocycles. The molecule has 0 bridgehead atoms. The predicted molar refractivity (Wildman–Crippen MR) is 60.0 cm³/mol. The van der Waals surface area contributed by atoms with Gasteiger partial charge >= 0.3 is 0 Å². The summed E-state index contributed by atoms with van der Waals surface area (Å²) in [4.78, 5) is 8.17. The number of aromatic nitrogens is 2. The molecule has 2 aromatic rings. The Kier molecular flexibility index (Phi) is 3.40. The van der Waals surface area contributed by atoms with Crippen molar-refractivity contribution in [3.63, 3.8) is 0 Å². The normalized spacial score (nSPS) is 9.36. The Morgan fingerprint density at radius 2 is 1.71 bits per heavy atom. The highest BCUT2D eigenvalue weighted by molar-refractivity contribution is 5.81. The van der Waals surface area contributed by atoms with Gasteiger partial charge in [0.2, 0.25) is 5.95 Å². The van der Waals surface area contributed by atoms with Crippen LogP contribution in [0.4, 0.5) is 5.95 Å². The van der Waals surface area contributed by atoms with Gasteiger partial charge in [0.25, 0.3) is 0 Å². The highest BCUT2D eigenvalue weighted by atomic mass is 15.0. The standard InChI is InChI=1S/C9H9N3.C2H6/c1-6-7-4-2-3-5-8(7)12-9(10)11-6;1-2/h2-5H,1H3,(H2,10,11,12);1-2H3. The topological polar surface area (TPSA) is 51.8 Å². The maximum atomic E-state index is 5.50. The maximum absolute atomic E-state index is 5.50. The lowest BCUT2D eigenvalue weighted by Crippen LogP contribution is -1.97. The summed E-state index contributed by atoms with van der Waals surface area (Å²) in [5.74, 6) is 0.339. The molecule has 0 fully saturated rings. The quantitative estimate of drug-likeness (QED) is 0.692. The fourth-order valence-corrected chi connectivity index (χ4v) is 1.26. The van der Waals surface area contributed by atoms with Crippen LogP contribution in [0.25, 0.3) is 10.9 Å². The van der Waals surface area contributed by atoms with Crippen LogP contribution >= 0.6 is 0 Å². The minimum absolute atomic E-state index is 0.339. The molecule has 1 aromatic carbocycles. The first-order valence-corrected chi connectivity index (χ1v) is 4.76. The summed E-state index contributed by atoms with van der Waals surface area (Å²) in [6, 6.07) is 7.83. The van der Waals surface area contributed by atoms with Crippen LogP contribution in [0.5, 0.6) is 0 Å². The molecule has 3 nitrogen and oxygen atoms in total. The Balaban J connectivity index is 0.000000461. The lowest BCUT2D eigenvalue weighted by molar-refractivity contribution is 1.17. The van der Waals surface area contributed by atoms with Gasteiger partial charge in [-0.3, -0.25) is 0 Å². The van der Waals surface area contributed by atoms with Crippen LogP contribution in [-0.2, 0) is 0 Å². The molecule has 0 saturated heterocycles. The molecule has 0 amide bonds. The van der Waals surface area contributed by atoms with Crippen LogP contribution < -0.4 is 5.73 Å². The lowest BCUT2D eigenvalue weighted by Gasteiger charge is -2.00. The van der Waals surface area contributed by atoms with E-state index < -0.39 is 0 Å². The van der Waals surface area contributed by atoms with Crippen molar-refractivity contribution in [3.05, 3.63) is 30.0 Å². The van der Waals surface area contributed by atoms with Crippen LogP contribution in [0.15, 0.2) is 24.3 Å². The predicted octanol–water partition coefficient (Wildman–Crippen LogP) is 2.55. The van der Waals surface area contributed by atoms with Crippen molar-refractivity contribution in [2.45, 2.75) is 20.8 Å². The molecule has 0 radical (unpaired) electrons. The number of nitrogens with zero attached hydrogens (tertiary/aromatic N) is 2. The number of benzene rings is 1. The monoisotopic (exact) mass is 189 g/mol. The van der Waals surface area contributed by atoms with E-state index in [0.29, 0.717) is 5.95 Å². The van der Waals surface area contributed by atoms with Crippen LogP contribution in [-0.4, -0.2) is 9.97 Å². The number of para-hydroxylation sites is 1. The lowest BCUT2D eigenvalue weighted by atomic mass is 10.2. The third kappa shape index (κ3) is 1.99. The van der Waals surface area contributed by atoms with Gasteiger partial charge in [0.1, 0.15) is 0 Å². The Morgan fingerprint density at radius 1 is 1.07 bits per heavy atom. The second kappa shape index (κ2) is 4.56. The first kappa shape index (κ1) is 10.4. The van der Waals surface area contributed by atoms with Crippen molar-refractivity contribution >= 4 is 16.9 Å². The van der Waals surface area contributed by atoms with E-state index in [9.17, 15) is 0 Å². The van der Waals surface area contributed by atoms with Gasteiger partial charge in [-0.15, -0.1) is 0 Å². The highest BCUT2D eigenvalue weighted by Crippen LogP contribution is 2.14. The number of nitrogen functional groups attached to an aromatic ring is 1. The van der Waals surface area contributed by atoms with Crippen molar-refractivity contribution < 1.29 is 0 Å². The molecule has 0 spiro atoms. The van der Waals surface area contributed by atoms with E-state index in [1.165, 1.54) is 0 Å². The molecule has 1 heterocycles. The Labute approximate surface area is 84.0 Å². The van der Waals surface area contributed by atoms with E-state index in [1.54, 1.807) is 0 Å². The van der Waals surface area contributed by atoms with Gasteiger partial charge in [0, 0.05) is 5.39 Å². The van der Waals surface area contributed by atoms with Gasteiger partial charge in [-0.1, -0.05) is 32.0 Å². The number of nitrogens with two attached hydrogens (primary N) is 1. The number of aryl methyl sites for hydroxylation is 1. The second-order valence-corrected chi connectivity index (χ2v) is 2.68. The van der Waals surface area contributed by atoms with Crippen molar-refractivity contribution in [2.75, 3.05) is 5.73 Å². The van der Waals surface area contributed by atoms with E-state index >= 15 is 0 Å². The molecule has 1 aromatic heterocycles. The summed E-state index contributed by atoms with van der Waals surface area (Å²) < 4.78 is 0. The smallest absolute Gasteiger partial charge is 0.220 e. The van der Waals surface area contributed by atoms with Crippen molar-refractivity contribution in [2.24, 2.45) is 0 Å². The van der Waals surface area contributed by atoms with E-state index in [1.807, 2.05) is 45.0 Å². The molecule has 0 unspecified atom stereocenters. The fourth-order valence-electron chi connectivity index (χ4n) is 1.26. The van der Waals surface area contributed by atoms with Gasteiger partial charge in [-0.25, -0.2) is 9.97 Å². The molecule has 74 valence electrons. The summed E-state index contributed by atoms with van der Waals surface area (Å²) in [6.07, 6.45) is 0. The summed E-state index contributed by atoms with van der Waals surface area (Å²) in [7, 11) is 0. The molecular formula is C11H15N3. The van der Waals surface area contributed by atoms with E-state index in [-0.39, 0.29) is 0 Å². The van der Waals surface area contributed by atoms with E-state index in [0.717, 1.165) is 16.6 Å². The minimum Gasteiger partial charge on any atom is -0.368 e. The average molecular weight is 189 g/mol. The number of anilines is 1. The third-order valence-corrected chi connectivity index (χ3v) is 1.81. The van der Waals surface area contributed by atoms with E-state index in [4.69, 9.17) is 5.73 Å². The van der Waals surface area contributed by atoms with Gasteiger partial charge < -0.3 is 5.73 Å². The molecule has 0 aliphatic carbocycles. The Hall–Kier alpha value is -1.64. The average Bonchev–Trinajstić information content (AvgIpc) is 2.20. The summed E-state index contributed by atoms with van der Waals surface area (Å²) >= 11 is 0. The molecule has 3 heteroatoms. The third-order valence-electron chi connectivity index (χ3n) is 1.81. The number of fused-ring (bicyclic) bond motifs is 1. The first-order chi connectivity index (χ1) is 6.77. The minimum atomic E-state index is 0.339. The summed E-state index contributed by atoms with van der Waals surface area (Å²) in [5.41, 5.74) is 7.34. The molecule has 0 saturated carbocycles. The van der Waals surface area contributed by atoms with Crippen molar-refractivity contribution in [1.82, 2.24) is 9.97 Å². The van der Waals surface area contributed by atoms with Crippen LogP contribution in [0.3, 0.4) is 0 Å². The van der Waals surface area contributed by atoms with Crippen LogP contribution in [0.2, 0.25) is 0 Å². The van der Waals surface area contributed by atoms with Crippen molar-refractivity contribution in [1.29, 1.82) is 0 Å². The van der Waals surface area contributed by atoms with Gasteiger partial charge in [-0.05, 0) is 13.0 Å². The maximum Gasteiger partial charge on any atom is 0.220 e. The SMILES string of the molecule is CC.Cc1nc(N)nc2ccccc12. The molecule has 0 aliphatic rings. The summed E-state index contributed by atoms with van der Waals surface area (Å²) in [6.45, 7) is 5.93. The Morgan fingerprint density at radius 3 is 2.43 bits per heavy atom. The molecular weight excluding hydrogens is 174 g/mol. The number of hydrogen-bond acceptors (Lipinski definition) is 3. The van der Waals surface area contributed by atoms with Gasteiger partial charge in [0.05, 0.1) is 11.2 Å². The molecule has 0 atom stereocenters. The highest BCUT2D eigenvalue weighted by Gasteiger charge is 1.99.